The van der Waals surface area contributed by atoms with Crippen LogP contribution in [0.4, 0.5) is 0 Å². The lowest BCUT2D eigenvalue weighted by atomic mass is 10.0. The second-order valence-corrected chi connectivity index (χ2v) is 6.21. The van der Waals surface area contributed by atoms with Gasteiger partial charge in [-0.1, -0.05) is 5.16 Å². The lowest BCUT2D eigenvalue weighted by Gasteiger charge is -2.26. The molecule has 1 saturated heterocycles. The maximum absolute atomic E-state index is 5.62. The van der Waals surface area contributed by atoms with Crippen molar-refractivity contribution < 1.29 is 23.8 Å². The minimum Gasteiger partial charge on any atom is -0.493 e. The zero-order valence-corrected chi connectivity index (χ0v) is 13.8. The molecule has 0 amide bonds. The van der Waals surface area contributed by atoms with Crippen molar-refractivity contribution in [2.45, 2.75) is 18.9 Å². The van der Waals surface area contributed by atoms with Crippen molar-refractivity contribution in [2.75, 3.05) is 46.8 Å². The number of oxime groups is 1. The molecule has 3 heterocycles. The molecule has 1 aromatic rings. The highest BCUT2D eigenvalue weighted by Gasteiger charge is 2.26. The van der Waals surface area contributed by atoms with Crippen molar-refractivity contribution in [1.82, 2.24) is 4.90 Å². The van der Waals surface area contributed by atoms with E-state index in [0.717, 1.165) is 62.7 Å². The summed E-state index contributed by atoms with van der Waals surface area (Å²) in [7, 11) is 1.64. The van der Waals surface area contributed by atoms with E-state index < -0.39 is 0 Å². The molecular weight excluding hydrogens is 312 g/mol. The third kappa shape index (κ3) is 3.27. The van der Waals surface area contributed by atoms with Gasteiger partial charge in [-0.05, 0) is 17.7 Å². The molecule has 7 heteroatoms. The van der Waals surface area contributed by atoms with E-state index in [1.54, 1.807) is 7.11 Å². The Balaban J connectivity index is 1.35. The first-order valence-corrected chi connectivity index (χ1v) is 8.30. The third-order valence-corrected chi connectivity index (χ3v) is 4.49. The predicted molar refractivity (Wildman–Crippen MR) is 87.0 cm³/mol. The molecule has 3 aliphatic rings. The molecule has 0 aliphatic carbocycles. The van der Waals surface area contributed by atoms with Gasteiger partial charge in [-0.25, -0.2) is 0 Å². The minimum absolute atomic E-state index is 0.0612. The average molecular weight is 334 g/mol. The van der Waals surface area contributed by atoms with Crippen molar-refractivity contribution in [2.24, 2.45) is 5.16 Å². The van der Waals surface area contributed by atoms with Crippen molar-refractivity contribution in [3.63, 3.8) is 0 Å². The first-order chi connectivity index (χ1) is 11.8. The number of benzene rings is 1. The third-order valence-electron chi connectivity index (χ3n) is 4.49. The minimum atomic E-state index is 0.0612. The van der Waals surface area contributed by atoms with Crippen molar-refractivity contribution in [1.29, 1.82) is 0 Å². The Bertz CT molecular complexity index is 628. The van der Waals surface area contributed by atoms with Gasteiger partial charge in [0.1, 0.15) is 6.10 Å². The van der Waals surface area contributed by atoms with Crippen LogP contribution in [0.1, 0.15) is 12.0 Å². The molecule has 0 saturated carbocycles. The number of ether oxygens (including phenoxy) is 4. The zero-order valence-electron chi connectivity index (χ0n) is 13.8. The molecule has 0 aromatic heterocycles. The molecule has 3 aliphatic heterocycles. The highest BCUT2D eigenvalue weighted by atomic mass is 16.7. The van der Waals surface area contributed by atoms with Crippen LogP contribution in [0.2, 0.25) is 0 Å². The Kier molecular flexibility index (Phi) is 4.44. The van der Waals surface area contributed by atoms with Crippen LogP contribution in [-0.4, -0.2) is 63.5 Å². The summed E-state index contributed by atoms with van der Waals surface area (Å²) in [4.78, 5) is 7.98. The normalized spacial score (nSPS) is 23.0. The molecule has 130 valence electrons. The molecule has 1 atom stereocenters. The zero-order chi connectivity index (χ0) is 16.4. The van der Waals surface area contributed by atoms with E-state index in [-0.39, 0.29) is 12.9 Å². The molecule has 24 heavy (non-hydrogen) atoms. The topological polar surface area (TPSA) is 61.8 Å². The van der Waals surface area contributed by atoms with Gasteiger partial charge < -0.3 is 23.8 Å². The van der Waals surface area contributed by atoms with Gasteiger partial charge in [0.15, 0.2) is 11.5 Å². The van der Waals surface area contributed by atoms with Crippen LogP contribution in [0.3, 0.4) is 0 Å². The Hall–Kier alpha value is -1.99. The highest BCUT2D eigenvalue weighted by molar-refractivity contribution is 5.87. The standard InChI is InChI=1S/C17H22N2O5/c1-20-15-7-12(8-16-17(15)23-11-22-16)6-14-9-13(18-24-14)10-19-2-4-21-5-3-19/h7-8,14H,2-6,9-11H2,1H3/t14-/m1/s1. The van der Waals surface area contributed by atoms with Crippen LogP contribution in [0.5, 0.6) is 17.2 Å². The smallest absolute Gasteiger partial charge is 0.231 e. The summed E-state index contributed by atoms with van der Waals surface area (Å²) in [6.07, 6.45) is 1.68. The van der Waals surface area contributed by atoms with Gasteiger partial charge in [-0.3, -0.25) is 4.90 Å². The quantitative estimate of drug-likeness (QED) is 0.812. The van der Waals surface area contributed by atoms with Crippen molar-refractivity contribution in [3.05, 3.63) is 17.7 Å². The van der Waals surface area contributed by atoms with E-state index in [1.165, 1.54) is 0 Å². The molecule has 1 fully saturated rings. The molecule has 4 rings (SSSR count). The number of hydrogen-bond acceptors (Lipinski definition) is 7. The van der Waals surface area contributed by atoms with Gasteiger partial charge in [-0.15, -0.1) is 0 Å². The Morgan fingerprint density at radius 2 is 2.12 bits per heavy atom. The first-order valence-electron chi connectivity index (χ1n) is 8.30. The molecule has 0 spiro atoms. The van der Waals surface area contributed by atoms with Gasteiger partial charge in [-0.2, -0.15) is 0 Å². The molecule has 7 nitrogen and oxygen atoms in total. The predicted octanol–water partition coefficient (Wildman–Crippen LogP) is 1.44. The monoisotopic (exact) mass is 334 g/mol. The van der Waals surface area contributed by atoms with E-state index in [4.69, 9.17) is 23.8 Å². The van der Waals surface area contributed by atoms with Crippen LogP contribution < -0.4 is 14.2 Å². The van der Waals surface area contributed by atoms with Crippen LogP contribution in [0.15, 0.2) is 17.3 Å². The fraction of sp³-hybridized carbons (Fsp3) is 0.588. The van der Waals surface area contributed by atoms with Gasteiger partial charge in [0, 0.05) is 32.5 Å². The van der Waals surface area contributed by atoms with Crippen LogP contribution in [0.25, 0.3) is 0 Å². The second-order valence-electron chi connectivity index (χ2n) is 6.21. The Morgan fingerprint density at radius 1 is 1.25 bits per heavy atom. The van der Waals surface area contributed by atoms with E-state index in [2.05, 4.69) is 10.1 Å². The van der Waals surface area contributed by atoms with Gasteiger partial charge in [0.05, 0.1) is 26.0 Å². The largest absolute Gasteiger partial charge is 0.493 e. The van der Waals surface area contributed by atoms with Crippen molar-refractivity contribution >= 4 is 5.71 Å². The summed E-state index contributed by atoms with van der Waals surface area (Å²) in [5.74, 6) is 2.11. The Labute approximate surface area is 141 Å². The molecule has 1 aromatic carbocycles. The lowest BCUT2D eigenvalue weighted by Crippen LogP contribution is -2.39. The van der Waals surface area contributed by atoms with E-state index in [0.29, 0.717) is 11.5 Å². The Morgan fingerprint density at radius 3 is 2.96 bits per heavy atom. The first kappa shape index (κ1) is 15.5. The second kappa shape index (κ2) is 6.86. The maximum Gasteiger partial charge on any atom is 0.231 e. The fourth-order valence-electron chi connectivity index (χ4n) is 3.27. The number of methoxy groups -OCH3 is 1. The van der Waals surface area contributed by atoms with E-state index >= 15 is 0 Å². The molecular formula is C17H22N2O5. The number of hydrogen-bond donors (Lipinski definition) is 0. The number of nitrogens with zero attached hydrogens (tertiary/aromatic N) is 2. The van der Waals surface area contributed by atoms with E-state index in [9.17, 15) is 0 Å². The van der Waals surface area contributed by atoms with Gasteiger partial charge >= 0.3 is 0 Å². The summed E-state index contributed by atoms with van der Waals surface area (Å²) in [6.45, 7) is 4.63. The number of morpholine rings is 1. The summed E-state index contributed by atoms with van der Waals surface area (Å²) in [6, 6.07) is 3.98. The average Bonchev–Trinajstić information content (AvgIpc) is 3.24. The maximum atomic E-state index is 5.62. The summed E-state index contributed by atoms with van der Waals surface area (Å²) in [5.41, 5.74) is 2.21. The number of fused-ring (bicyclic) bond motifs is 1. The van der Waals surface area contributed by atoms with E-state index in [1.807, 2.05) is 12.1 Å². The molecule has 0 radical (unpaired) electrons. The summed E-state index contributed by atoms with van der Waals surface area (Å²) >= 11 is 0. The summed E-state index contributed by atoms with van der Waals surface area (Å²) in [5, 5.41) is 4.27. The van der Waals surface area contributed by atoms with Crippen LogP contribution in [-0.2, 0) is 16.0 Å². The SMILES string of the molecule is COc1cc(C[C@@H]2CC(CN3CCOCC3)=NO2)cc2c1OCO2. The van der Waals surface area contributed by atoms with Gasteiger partial charge in [0.25, 0.3) is 0 Å². The summed E-state index contributed by atoms with van der Waals surface area (Å²) < 4.78 is 21.7. The van der Waals surface area contributed by atoms with Crippen LogP contribution in [0, 0.1) is 0 Å². The van der Waals surface area contributed by atoms with Crippen LogP contribution >= 0.6 is 0 Å². The highest BCUT2D eigenvalue weighted by Crippen LogP contribution is 2.42. The molecule has 0 N–H and O–H groups in total. The molecule has 0 bridgehead atoms. The number of rotatable bonds is 5. The fourth-order valence-corrected chi connectivity index (χ4v) is 3.27. The molecule has 0 unspecified atom stereocenters. The van der Waals surface area contributed by atoms with Gasteiger partial charge in [0.2, 0.25) is 12.5 Å². The van der Waals surface area contributed by atoms with Crippen molar-refractivity contribution in [3.8, 4) is 17.2 Å². The lowest BCUT2D eigenvalue weighted by molar-refractivity contribution is 0.0450.